The van der Waals surface area contributed by atoms with Gasteiger partial charge in [-0.1, -0.05) is 0 Å². The Bertz CT molecular complexity index is 563. The molecule has 0 radical (unpaired) electrons. The molecule has 20 heavy (non-hydrogen) atoms. The minimum Gasteiger partial charge on any atom is -0.452 e. The van der Waals surface area contributed by atoms with Gasteiger partial charge in [0.05, 0.1) is 0 Å². The SMILES string of the molecule is O=C(C=Cc1ccc(Br)o1)OCC(=O)N1CCCC1=O. The van der Waals surface area contributed by atoms with Crippen molar-refractivity contribution in [1.82, 2.24) is 4.90 Å². The van der Waals surface area contributed by atoms with Crippen molar-refractivity contribution in [3.05, 3.63) is 28.6 Å². The number of hydrogen-bond donors (Lipinski definition) is 0. The molecule has 2 amide bonds. The van der Waals surface area contributed by atoms with Crippen molar-refractivity contribution >= 4 is 39.8 Å². The molecule has 6 nitrogen and oxygen atoms in total. The normalized spacial score (nSPS) is 15.1. The fourth-order valence-corrected chi connectivity index (χ4v) is 2.06. The molecule has 0 aromatic carbocycles. The van der Waals surface area contributed by atoms with E-state index < -0.39 is 18.5 Å². The smallest absolute Gasteiger partial charge is 0.331 e. The lowest BCUT2D eigenvalue weighted by Gasteiger charge is -2.12. The van der Waals surface area contributed by atoms with E-state index >= 15 is 0 Å². The number of imide groups is 1. The van der Waals surface area contributed by atoms with Gasteiger partial charge in [0, 0.05) is 19.0 Å². The lowest BCUT2D eigenvalue weighted by molar-refractivity contribution is -0.151. The van der Waals surface area contributed by atoms with Crippen LogP contribution in [0, 0.1) is 0 Å². The maximum atomic E-state index is 11.6. The largest absolute Gasteiger partial charge is 0.452 e. The predicted molar refractivity (Wildman–Crippen MR) is 72.4 cm³/mol. The van der Waals surface area contributed by atoms with Crippen LogP contribution in [-0.4, -0.2) is 35.8 Å². The Kier molecular flexibility index (Phi) is 4.73. The molecule has 0 N–H and O–H groups in total. The van der Waals surface area contributed by atoms with Gasteiger partial charge in [-0.15, -0.1) is 0 Å². The number of ether oxygens (including phenoxy) is 1. The summed E-state index contributed by atoms with van der Waals surface area (Å²) in [6.45, 7) is -0.0394. The third kappa shape index (κ3) is 3.80. The van der Waals surface area contributed by atoms with Crippen LogP contribution in [0.15, 0.2) is 27.3 Å². The van der Waals surface area contributed by atoms with E-state index in [0.29, 0.717) is 29.8 Å². The molecule has 0 unspecified atom stereocenters. The van der Waals surface area contributed by atoms with Crippen molar-refractivity contribution < 1.29 is 23.5 Å². The number of amides is 2. The average molecular weight is 342 g/mol. The first-order valence-corrected chi connectivity index (χ1v) is 6.79. The Balaban J connectivity index is 1.79. The van der Waals surface area contributed by atoms with Gasteiger partial charge < -0.3 is 9.15 Å². The molecule has 0 bridgehead atoms. The number of rotatable bonds is 4. The van der Waals surface area contributed by atoms with E-state index in [9.17, 15) is 14.4 Å². The Labute approximate surface area is 123 Å². The molecule has 2 heterocycles. The third-order valence-corrected chi connectivity index (χ3v) is 3.12. The van der Waals surface area contributed by atoms with Crippen LogP contribution in [0.2, 0.25) is 0 Å². The van der Waals surface area contributed by atoms with Gasteiger partial charge in [0.15, 0.2) is 11.3 Å². The van der Waals surface area contributed by atoms with Crippen molar-refractivity contribution in [3.63, 3.8) is 0 Å². The monoisotopic (exact) mass is 341 g/mol. The molecule has 1 aliphatic rings. The quantitative estimate of drug-likeness (QED) is 0.615. The van der Waals surface area contributed by atoms with Crippen LogP contribution in [0.3, 0.4) is 0 Å². The van der Waals surface area contributed by atoms with Gasteiger partial charge in [0.1, 0.15) is 5.76 Å². The summed E-state index contributed by atoms with van der Waals surface area (Å²) in [4.78, 5) is 35.4. The Morgan fingerprint density at radius 2 is 2.25 bits per heavy atom. The van der Waals surface area contributed by atoms with Gasteiger partial charge in [0.25, 0.3) is 5.91 Å². The van der Waals surface area contributed by atoms with E-state index in [1.54, 1.807) is 12.1 Å². The summed E-state index contributed by atoms with van der Waals surface area (Å²) in [5.74, 6) is -0.899. The van der Waals surface area contributed by atoms with Crippen molar-refractivity contribution in [2.45, 2.75) is 12.8 Å². The first kappa shape index (κ1) is 14.5. The first-order valence-electron chi connectivity index (χ1n) is 5.99. The van der Waals surface area contributed by atoms with E-state index in [2.05, 4.69) is 15.9 Å². The maximum absolute atomic E-state index is 11.6. The molecule has 0 aliphatic carbocycles. The highest BCUT2D eigenvalue weighted by molar-refractivity contribution is 9.10. The van der Waals surface area contributed by atoms with Crippen molar-refractivity contribution in [3.8, 4) is 0 Å². The molecule has 1 fully saturated rings. The summed E-state index contributed by atoms with van der Waals surface area (Å²) in [6, 6.07) is 3.36. The molecule has 2 rings (SSSR count). The van der Waals surface area contributed by atoms with Crippen molar-refractivity contribution in [2.24, 2.45) is 0 Å². The number of furan rings is 1. The van der Waals surface area contributed by atoms with E-state index in [0.717, 1.165) is 11.0 Å². The number of halogens is 1. The van der Waals surface area contributed by atoms with Crippen LogP contribution in [0.4, 0.5) is 0 Å². The van der Waals surface area contributed by atoms with E-state index in [-0.39, 0.29) is 5.91 Å². The zero-order chi connectivity index (χ0) is 14.5. The van der Waals surface area contributed by atoms with Crippen LogP contribution in [0.25, 0.3) is 6.08 Å². The molecular formula is C13H12BrNO5. The van der Waals surface area contributed by atoms with Gasteiger partial charge in [0.2, 0.25) is 5.91 Å². The molecular weight excluding hydrogens is 330 g/mol. The summed E-state index contributed by atoms with van der Waals surface area (Å²) in [5.41, 5.74) is 0. The Hall–Kier alpha value is -1.89. The lowest BCUT2D eigenvalue weighted by atomic mass is 10.4. The third-order valence-electron chi connectivity index (χ3n) is 2.69. The summed E-state index contributed by atoms with van der Waals surface area (Å²) in [6.07, 6.45) is 3.61. The summed E-state index contributed by atoms with van der Waals surface area (Å²) in [7, 11) is 0. The number of likely N-dealkylation sites (tertiary alicyclic amines) is 1. The highest BCUT2D eigenvalue weighted by Crippen LogP contribution is 2.15. The van der Waals surface area contributed by atoms with Crippen molar-refractivity contribution in [1.29, 1.82) is 0 Å². The number of carbonyl (C=O) groups excluding carboxylic acids is 3. The van der Waals surface area contributed by atoms with Crippen LogP contribution >= 0.6 is 15.9 Å². The summed E-state index contributed by atoms with van der Waals surface area (Å²) < 4.78 is 10.5. The van der Waals surface area contributed by atoms with E-state index in [1.807, 2.05) is 0 Å². The fourth-order valence-electron chi connectivity index (χ4n) is 1.74. The zero-order valence-electron chi connectivity index (χ0n) is 10.5. The summed E-state index contributed by atoms with van der Waals surface area (Å²) >= 11 is 3.13. The number of esters is 1. The van der Waals surface area contributed by atoms with Crippen molar-refractivity contribution in [2.75, 3.05) is 13.2 Å². The molecule has 0 atom stereocenters. The second kappa shape index (κ2) is 6.51. The second-order valence-corrected chi connectivity index (χ2v) is 4.91. The minimum absolute atomic E-state index is 0.220. The van der Waals surface area contributed by atoms with Gasteiger partial charge >= 0.3 is 5.97 Å². The zero-order valence-corrected chi connectivity index (χ0v) is 12.1. The van der Waals surface area contributed by atoms with E-state index in [1.165, 1.54) is 6.08 Å². The second-order valence-electron chi connectivity index (χ2n) is 4.13. The molecule has 1 aromatic heterocycles. The number of nitrogens with zero attached hydrogens (tertiary/aromatic N) is 1. The molecule has 1 aromatic rings. The predicted octanol–water partition coefficient (Wildman–Crippen LogP) is 1.75. The maximum Gasteiger partial charge on any atom is 0.331 e. The van der Waals surface area contributed by atoms with E-state index in [4.69, 9.17) is 9.15 Å². The minimum atomic E-state index is -0.669. The fraction of sp³-hybridized carbons (Fsp3) is 0.308. The van der Waals surface area contributed by atoms with Gasteiger partial charge in [-0.3, -0.25) is 14.5 Å². The van der Waals surface area contributed by atoms with Crippen LogP contribution in [-0.2, 0) is 19.1 Å². The Morgan fingerprint density at radius 3 is 2.85 bits per heavy atom. The highest BCUT2D eigenvalue weighted by atomic mass is 79.9. The first-order chi connectivity index (χ1) is 9.56. The summed E-state index contributed by atoms with van der Waals surface area (Å²) in [5, 5.41) is 0. The lowest BCUT2D eigenvalue weighted by Crippen LogP contribution is -2.35. The number of carbonyl (C=O) groups is 3. The standard InChI is InChI=1S/C13H12BrNO5/c14-10-5-3-9(20-10)4-6-13(18)19-8-12(17)15-7-1-2-11(15)16/h3-6H,1-2,7-8H2. The molecule has 1 aliphatic heterocycles. The molecule has 0 spiro atoms. The molecule has 0 saturated carbocycles. The van der Waals surface area contributed by atoms with Crippen LogP contribution in [0.1, 0.15) is 18.6 Å². The average Bonchev–Trinajstić information content (AvgIpc) is 3.02. The van der Waals surface area contributed by atoms with Gasteiger partial charge in [-0.25, -0.2) is 4.79 Å². The van der Waals surface area contributed by atoms with Gasteiger partial charge in [-0.2, -0.15) is 0 Å². The molecule has 106 valence electrons. The molecule has 1 saturated heterocycles. The van der Waals surface area contributed by atoms with Crippen LogP contribution < -0.4 is 0 Å². The van der Waals surface area contributed by atoms with Gasteiger partial charge in [-0.05, 0) is 40.6 Å². The van der Waals surface area contributed by atoms with Crippen LogP contribution in [0.5, 0.6) is 0 Å². The Morgan fingerprint density at radius 1 is 1.45 bits per heavy atom. The topological polar surface area (TPSA) is 76.8 Å². The molecule has 7 heteroatoms. The highest BCUT2D eigenvalue weighted by Gasteiger charge is 2.26. The number of hydrogen-bond acceptors (Lipinski definition) is 5.